The smallest absolute Gasteiger partial charge is 0.243 e. The molecule has 1 N–H and O–H groups in total. The molecule has 2 aromatic rings. The van der Waals surface area contributed by atoms with E-state index in [0.717, 1.165) is 16.8 Å². The van der Waals surface area contributed by atoms with Crippen molar-refractivity contribution in [1.82, 2.24) is 4.31 Å². The van der Waals surface area contributed by atoms with Crippen LogP contribution in [0.2, 0.25) is 0 Å². The molecule has 0 radical (unpaired) electrons. The molecule has 1 aliphatic rings. The summed E-state index contributed by atoms with van der Waals surface area (Å²) < 4.78 is 27.4. The number of hydrogen-bond donors (Lipinski definition) is 1. The molecule has 0 saturated carbocycles. The molecule has 1 unspecified atom stereocenters. The second-order valence-electron chi connectivity index (χ2n) is 7.32. The van der Waals surface area contributed by atoms with Crippen LogP contribution in [-0.4, -0.2) is 31.2 Å². The van der Waals surface area contributed by atoms with E-state index in [1.165, 1.54) is 4.31 Å². The van der Waals surface area contributed by atoms with Gasteiger partial charge in [-0.05, 0) is 49.4 Å². The minimum absolute atomic E-state index is 0.232. The van der Waals surface area contributed by atoms with Gasteiger partial charge in [-0.15, -0.1) is 0 Å². The van der Waals surface area contributed by atoms with Crippen molar-refractivity contribution in [2.75, 3.05) is 11.9 Å². The van der Waals surface area contributed by atoms with Crippen LogP contribution < -0.4 is 5.32 Å². The van der Waals surface area contributed by atoms with Crippen molar-refractivity contribution in [1.29, 1.82) is 0 Å². The fourth-order valence-electron chi connectivity index (χ4n) is 3.47. The normalized spacial score (nSPS) is 18.0. The fraction of sp³-hybridized carbons (Fsp3) is 0.381. The van der Waals surface area contributed by atoms with E-state index >= 15 is 0 Å². The number of benzene rings is 2. The number of rotatable bonds is 5. The summed E-state index contributed by atoms with van der Waals surface area (Å²) >= 11 is 0. The zero-order valence-corrected chi connectivity index (χ0v) is 16.8. The number of amides is 1. The maximum Gasteiger partial charge on any atom is 0.243 e. The molecule has 0 aromatic heterocycles. The first-order valence-corrected chi connectivity index (χ1v) is 10.7. The van der Waals surface area contributed by atoms with Crippen LogP contribution in [-0.2, 0) is 14.8 Å². The van der Waals surface area contributed by atoms with E-state index in [4.69, 9.17) is 0 Å². The van der Waals surface area contributed by atoms with E-state index in [9.17, 15) is 13.2 Å². The number of nitrogens with zero attached hydrogens (tertiary/aromatic N) is 1. The van der Waals surface area contributed by atoms with Crippen LogP contribution in [0.1, 0.15) is 43.7 Å². The van der Waals surface area contributed by atoms with Crippen LogP contribution in [0.3, 0.4) is 0 Å². The number of anilines is 1. The quantitative estimate of drug-likeness (QED) is 0.847. The number of carbonyl (C=O) groups is 1. The first kappa shape index (κ1) is 19.6. The summed E-state index contributed by atoms with van der Waals surface area (Å²) in [5.74, 6) is -0.00578. The Hall–Kier alpha value is -2.18. The van der Waals surface area contributed by atoms with Gasteiger partial charge in [-0.1, -0.05) is 49.7 Å². The highest BCUT2D eigenvalue weighted by Gasteiger charge is 2.39. The van der Waals surface area contributed by atoms with Gasteiger partial charge >= 0.3 is 0 Å². The van der Waals surface area contributed by atoms with E-state index in [1.54, 1.807) is 24.3 Å². The van der Waals surface area contributed by atoms with Gasteiger partial charge in [0, 0.05) is 12.2 Å². The second-order valence-corrected chi connectivity index (χ2v) is 9.21. The molecule has 0 aliphatic carbocycles. The summed E-state index contributed by atoms with van der Waals surface area (Å²) in [7, 11) is -3.70. The topological polar surface area (TPSA) is 66.5 Å². The number of carbonyl (C=O) groups excluding carboxylic acids is 1. The van der Waals surface area contributed by atoms with Gasteiger partial charge in [0.05, 0.1) is 4.90 Å². The molecule has 3 rings (SSSR count). The molecule has 1 amide bonds. The molecule has 6 heteroatoms. The molecule has 5 nitrogen and oxygen atoms in total. The Labute approximate surface area is 161 Å². The fourth-order valence-corrected chi connectivity index (χ4v) is 5.12. The van der Waals surface area contributed by atoms with Crippen molar-refractivity contribution in [3.8, 4) is 0 Å². The van der Waals surface area contributed by atoms with Crippen molar-refractivity contribution in [3.63, 3.8) is 0 Å². The minimum Gasteiger partial charge on any atom is -0.324 e. The lowest BCUT2D eigenvalue weighted by molar-refractivity contribution is -0.119. The highest BCUT2D eigenvalue weighted by atomic mass is 32.2. The summed E-state index contributed by atoms with van der Waals surface area (Å²) in [6.45, 7) is 6.40. The highest BCUT2D eigenvalue weighted by molar-refractivity contribution is 7.89. The second kappa shape index (κ2) is 7.82. The summed E-state index contributed by atoms with van der Waals surface area (Å²) in [5.41, 5.74) is 2.78. The summed E-state index contributed by atoms with van der Waals surface area (Å²) in [6.07, 6.45) is 1.20. The van der Waals surface area contributed by atoms with Gasteiger partial charge < -0.3 is 5.32 Å². The lowest BCUT2D eigenvalue weighted by Gasteiger charge is -2.24. The Morgan fingerprint density at radius 1 is 1.11 bits per heavy atom. The Balaban J connectivity index is 1.84. The van der Waals surface area contributed by atoms with E-state index in [-0.39, 0.29) is 16.7 Å². The van der Waals surface area contributed by atoms with Crippen LogP contribution in [0, 0.1) is 6.92 Å². The van der Waals surface area contributed by atoms with E-state index in [1.807, 2.05) is 31.2 Å². The number of aryl methyl sites for hydroxylation is 1. The molecule has 27 heavy (non-hydrogen) atoms. The van der Waals surface area contributed by atoms with Gasteiger partial charge in [0.2, 0.25) is 15.9 Å². The molecule has 144 valence electrons. The largest absolute Gasteiger partial charge is 0.324 e. The van der Waals surface area contributed by atoms with Crippen molar-refractivity contribution < 1.29 is 13.2 Å². The van der Waals surface area contributed by atoms with Crippen molar-refractivity contribution >= 4 is 21.6 Å². The van der Waals surface area contributed by atoms with Crippen molar-refractivity contribution in [2.45, 2.75) is 50.5 Å². The van der Waals surface area contributed by atoms with Crippen LogP contribution in [0.25, 0.3) is 0 Å². The lowest BCUT2D eigenvalue weighted by Crippen LogP contribution is -2.43. The zero-order chi connectivity index (χ0) is 19.6. The molecular formula is C21H26N2O3S. The van der Waals surface area contributed by atoms with Crippen LogP contribution >= 0.6 is 0 Å². The monoisotopic (exact) mass is 386 g/mol. The molecule has 0 spiro atoms. The molecule has 1 atom stereocenters. The van der Waals surface area contributed by atoms with E-state index in [0.29, 0.717) is 19.4 Å². The summed E-state index contributed by atoms with van der Waals surface area (Å²) in [6, 6.07) is 13.7. The van der Waals surface area contributed by atoms with Gasteiger partial charge in [-0.25, -0.2) is 8.42 Å². The summed E-state index contributed by atoms with van der Waals surface area (Å²) in [5, 5.41) is 2.95. The molecule has 2 aromatic carbocycles. The lowest BCUT2D eigenvalue weighted by atomic mass is 10.0. The molecule has 1 heterocycles. The summed E-state index contributed by atoms with van der Waals surface area (Å²) in [4.78, 5) is 13.1. The first-order chi connectivity index (χ1) is 12.8. The van der Waals surface area contributed by atoms with Gasteiger partial charge in [0.1, 0.15) is 6.04 Å². The Morgan fingerprint density at radius 3 is 2.44 bits per heavy atom. The number of para-hydroxylation sites is 1. The molecule has 0 bridgehead atoms. The Bertz CT molecular complexity index is 921. The van der Waals surface area contributed by atoms with Gasteiger partial charge in [0.15, 0.2) is 0 Å². The number of hydrogen-bond acceptors (Lipinski definition) is 3. The molecular weight excluding hydrogens is 360 g/mol. The number of sulfonamides is 1. The SMILES string of the molecule is Cc1ccc(S(=O)(=O)N2CCCC2C(=O)Nc2ccccc2C(C)C)cc1. The van der Waals surface area contributed by atoms with Crippen molar-refractivity contribution in [3.05, 3.63) is 59.7 Å². The predicted molar refractivity (Wildman–Crippen MR) is 107 cm³/mol. The zero-order valence-electron chi connectivity index (χ0n) is 16.0. The van der Waals surface area contributed by atoms with E-state index in [2.05, 4.69) is 19.2 Å². The van der Waals surface area contributed by atoms with Crippen LogP contribution in [0.4, 0.5) is 5.69 Å². The third kappa shape index (κ3) is 4.06. The standard InChI is InChI=1S/C21H26N2O3S/c1-15(2)18-7-4-5-8-19(18)22-21(24)20-9-6-14-23(20)27(25,26)17-12-10-16(3)11-13-17/h4-5,7-8,10-13,15,20H,6,9,14H2,1-3H3,(H,22,24). The van der Waals surface area contributed by atoms with Crippen LogP contribution in [0.15, 0.2) is 53.4 Å². The molecule has 1 fully saturated rings. The number of nitrogens with one attached hydrogen (secondary N) is 1. The molecule has 1 saturated heterocycles. The van der Waals surface area contributed by atoms with Gasteiger partial charge in [-0.2, -0.15) is 4.31 Å². The average Bonchev–Trinajstić information content (AvgIpc) is 3.13. The minimum atomic E-state index is -3.70. The van der Waals surface area contributed by atoms with Crippen LogP contribution in [0.5, 0.6) is 0 Å². The Morgan fingerprint density at radius 2 is 1.78 bits per heavy atom. The third-order valence-electron chi connectivity index (χ3n) is 4.97. The van der Waals surface area contributed by atoms with Gasteiger partial charge in [-0.3, -0.25) is 4.79 Å². The Kier molecular flexibility index (Phi) is 5.67. The highest BCUT2D eigenvalue weighted by Crippen LogP contribution is 2.29. The maximum atomic E-state index is 13.0. The maximum absolute atomic E-state index is 13.0. The van der Waals surface area contributed by atoms with Crippen molar-refractivity contribution in [2.24, 2.45) is 0 Å². The molecule has 1 aliphatic heterocycles. The average molecular weight is 387 g/mol. The van der Waals surface area contributed by atoms with E-state index < -0.39 is 16.1 Å². The first-order valence-electron chi connectivity index (χ1n) is 9.29. The third-order valence-corrected chi connectivity index (χ3v) is 6.90. The predicted octanol–water partition coefficient (Wildman–Crippen LogP) is 3.91. The van der Waals surface area contributed by atoms with Gasteiger partial charge in [0.25, 0.3) is 0 Å².